The van der Waals surface area contributed by atoms with E-state index in [9.17, 15) is 9.60 Å². The number of piperazine rings is 1. The number of halogens is 1. The minimum Gasteiger partial charge on any atom is -0.439 e. The SMILES string of the molecule is O/N=C(/c1ccc(Oc2cccc3c2CCCC3)nc1)N1CCN(c2ccc(F)cc2)CC1. The minimum absolute atomic E-state index is 0.237. The van der Waals surface area contributed by atoms with Crippen LogP contribution >= 0.6 is 0 Å². The van der Waals surface area contributed by atoms with E-state index >= 15 is 0 Å². The molecule has 0 radical (unpaired) electrons. The summed E-state index contributed by atoms with van der Waals surface area (Å²) in [5.41, 5.74) is 4.37. The van der Waals surface area contributed by atoms with Gasteiger partial charge >= 0.3 is 0 Å². The molecule has 1 aliphatic heterocycles. The van der Waals surface area contributed by atoms with E-state index in [0.717, 1.165) is 42.9 Å². The summed E-state index contributed by atoms with van der Waals surface area (Å²) in [6.45, 7) is 2.87. The number of pyridine rings is 1. The summed E-state index contributed by atoms with van der Waals surface area (Å²) in [6.07, 6.45) is 6.24. The van der Waals surface area contributed by atoms with Crippen molar-refractivity contribution in [2.45, 2.75) is 25.7 Å². The van der Waals surface area contributed by atoms with Gasteiger partial charge in [0, 0.05) is 49.7 Å². The third-order valence-corrected chi connectivity index (χ3v) is 6.43. The van der Waals surface area contributed by atoms with Crippen LogP contribution in [-0.2, 0) is 12.8 Å². The molecule has 2 aliphatic rings. The number of aryl methyl sites for hydroxylation is 1. The summed E-state index contributed by atoms with van der Waals surface area (Å²) in [6, 6.07) is 16.4. The van der Waals surface area contributed by atoms with E-state index in [1.165, 1.54) is 36.1 Å². The Bertz CT molecular complexity index is 1120. The highest BCUT2D eigenvalue weighted by Gasteiger charge is 2.22. The monoisotopic (exact) mass is 446 g/mol. The van der Waals surface area contributed by atoms with Gasteiger partial charge in [-0.05, 0) is 73.2 Å². The highest BCUT2D eigenvalue weighted by Crippen LogP contribution is 2.32. The van der Waals surface area contributed by atoms with Gasteiger partial charge < -0.3 is 19.7 Å². The van der Waals surface area contributed by atoms with Gasteiger partial charge in [-0.15, -0.1) is 0 Å². The Labute approximate surface area is 192 Å². The number of rotatable bonds is 4. The quantitative estimate of drug-likeness (QED) is 0.269. The van der Waals surface area contributed by atoms with Crippen LogP contribution in [0.25, 0.3) is 0 Å². The van der Waals surface area contributed by atoms with Gasteiger partial charge in [0.05, 0.1) is 0 Å². The highest BCUT2D eigenvalue weighted by atomic mass is 19.1. The second-order valence-corrected chi connectivity index (χ2v) is 8.46. The van der Waals surface area contributed by atoms with Crippen LogP contribution in [0.1, 0.15) is 29.5 Å². The number of hydrogen-bond donors (Lipinski definition) is 1. The lowest BCUT2D eigenvalue weighted by molar-refractivity contribution is 0.296. The molecule has 1 aliphatic carbocycles. The van der Waals surface area contributed by atoms with Crippen LogP contribution in [0, 0.1) is 5.82 Å². The number of ether oxygens (including phenoxy) is 1. The maximum absolute atomic E-state index is 13.2. The van der Waals surface area contributed by atoms with Crippen LogP contribution in [-0.4, -0.2) is 47.1 Å². The van der Waals surface area contributed by atoms with Gasteiger partial charge in [0.2, 0.25) is 5.88 Å². The smallest absolute Gasteiger partial charge is 0.219 e. The molecule has 0 bridgehead atoms. The first-order valence-electron chi connectivity index (χ1n) is 11.4. The molecule has 2 heterocycles. The van der Waals surface area contributed by atoms with Crippen molar-refractivity contribution in [1.82, 2.24) is 9.88 Å². The molecule has 0 atom stereocenters. The first kappa shape index (κ1) is 21.2. The maximum atomic E-state index is 13.2. The molecule has 1 aromatic heterocycles. The van der Waals surface area contributed by atoms with Gasteiger partial charge in [0.15, 0.2) is 5.84 Å². The summed E-state index contributed by atoms with van der Waals surface area (Å²) in [7, 11) is 0. The summed E-state index contributed by atoms with van der Waals surface area (Å²) in [4.78, 5) is 8.70. The van der Waals surface area contributed by atoms with E-state index in [1.54, 1.807) is 18.3 Å². The Morgan fingerprint density at radius 1 is 0.939 bits per heavy atom. The predicted molar refractivity (Wildman–Crippen MR) is 126 cm³/mol. The van der Waals surface area contributed by atoms with Crippen LogP contribution in [0.5, 0.6) is 11.6 Å². The Balaban J connectivity index is 1.24. The van der Waals surface area contributed by atoms with Crippen molar-refractivity contribution in [1.29, 1.82) is 0 Å². The van der Waals surface area contributed by atoms with Crippen molar-refractivity contribution in [3.05, 3.63) is 83.3 Å². The van der Waals surface area contributed by atoms with Gasteiger partial charge in [-0.25, -0.2) is 9.37 Å². The summed E-state index contributed by atoms with van der Waals surface area (Å²) in [5, 5.41) is 13.3. The normalized spacial score (nSPS) is 16.5. The van der Waals surface area contributed by atoms with E-state index in [1.807, 2.05) is 29.2 Å². The maximum Gasteiger partial charge on any atom is 0.219 e. The molecular weight excluding hydrogens is 419 g/mol. The molecule has 0 spiro atoms. The Kier molecular flexibility index (Phi) is 6.11. The third-order valence-electron chi connectivity index (χ3n) is 6.43. The lowest BCUT2D eigenvalue weighted by Crippen LogP contribution is -2.49. The van der Waals surface area contributed by atoms with E-state index in [0.29, 0.717) is 24.8 Å². The van der Waals surface area contributed by atoms with Gasteiger partial charge in [-0.3, -0.25) is 0 Å². The zero-order chi connectivity index (χ0) is 22.6. The van der Waals surface area contributed by atoms with Gasteiger partial charge in [-0.1, -0.05) is 17.3 Å². The van der Waals surface area contributed by atoms with Crippen molar-refractivity contribution in [3.63, 3.8) is 0 Å². The molecular formula is C26H27FN4O2. The van der Waals surface area contributed by atoms with Crippen LogP contribution < -0.4 is 9.64 Å². The van der Waals surface area contributed by atoms with Crippen molar-refractivity contribution < 1.29 is 14.3 Å². The Morgan fingerprint density at radius 3 is 2.45 bits per heavy atom. The zero-order valence-electron chi connectivity index (χ0n) is 18.5. The number of aromatic nitrogens is 1. The van der Waals surface area contributed by atoms with E-state index < -0.39 is 0 Å². The molecule has 33 heavy (non-hydrogen) atoms. The molecule has 0 unspecified atom stereocenters. The first-order valence-corrected chi connectivity index (χ1v) is 11.4. The molecule has 5 rings (SSSR count). The Morgan fingerprint density at radius 2 is 1.73 bits per heavy atom. The predicted octanol–water partition coefficient (Wildman–Crippen LogP) is 4.85. The molecule has 1 N–H and O–H groups in total. The van der Waals surface area contributed by atoms with Gasteiger partial charge in [-0.2, -0.15) is 0 Å². The number of oxime groups is 1. The lowest BCUT2D eigenvalue weighted by Gasteiger charge is -2.37. The molecule has 2 aromatic carbocycles. The fourth-order valence-electron chi connectivity index (χ4n) is 4.66. The highest BCUT2D eigenvalue weighted by molar-refractivity contribution is 5.98. The van der Waals surface area contributed by atoms with Crippen LogP contribution in [0.2, 0.25) is 0 Å². The first-order chi connectivity index (χ1) is 16.2. The second-order valence-electron chi connectivity index (χ2n) is 8.46. The molecule has 3 aromatic rings. The zero-order valence-corrected chi connectivity index (χ0v) is 18.5. The standard InChI is InChI=1S/C26H27FN4O2/c27-21-9-11-22(12-10-21)30-14-16-31(17-15-30)26(29-32)20-8-13-25(28-18-20)33-24-7-3-5-19-4-1-2-6-23(19)24/h3,5,7-13,18,32H,1-2,4,6,14-17H2/b29-26-. The van der Waals surface area contributed by atoms with E-state index in [4.69, 9.17) is 4.74 Å². The fourth-order valence-corrected chi connectivity index (χ4v) is 4.66. The van der Waals surface area contributed by atoms with Crippen LogP contribution in [0.15, 0.2) is 65.9 Å². The fraction of sp³-hybridized carbons (Fsp3) is 0.308. The van der Waals surface area contributed by atoms with Crippen molar-refractivity contribution in [2.75, 3.05) is 31.1 Å². The number of anilines is 1. The van der Waals surface area contributed by atoms with Crippen molar-refractivity contribution >= 4 is 11.5 Å². The molecule has 0 amide bonds. The molecule has 0 saturated carbocycles. The number of hydrogen-bond acceptors (Lipinski definition) is 5. The van der Waals surface area contributed by atoms with E-state index in [2.05, 4.69) is 21.1 Å². The molecule has 6 nitrogen and oxygen atoms in total. The average Bonchev–Trinajstić information content (AvgIpc) is 2.87. The van der Waals surface area contributed by atoms with Crippen LogP contribution in [0.3, 0.4) is 0 Å². The molecule has 1 fully saturated rings. The number of fused-ring (bicyclic) bond motifs is 1. The number of amidine groups is 1. The number of nitrogens with zero attached hydrogens (tertiary/aromatic N) is 4. The third kappa shape index (κ3) is 4.62. The summed E-state index contributed by atoms with van der Waals surface area (Å²) in [5.74, 6) is 1.65. The Hall–Kier alpha value is -3.61. The average molecular weight is 447 g/mol. The van der Waals surface area contributed by atoms with Crippen LogP contribution in [0.4, 0.5) is 10.1 Å². The molecule has 7 heteroatoms. The van der Waals surface area contributed by atoms with Crippen molar-refractivity contribution in [3.8, 4) is 11.6 Å². The van der Waals surface area contributed by atoms with Gasteiger partial charge in [0.1, 0.15) is 11.6 Å². The largest absolute Gasteiger partial charge is 0.439 e. The molecule has 170 valence electrons. The lowest BCUT2D eigenvalue weighted by atomic mass is 9.91. The van der Waals surface area contributed by atoms with Gasteiger partial charge in [0.25, 0.3) is 0 Å². The topological polar surface area (TPSA) is 61.2 Å². The number of benzene rings is 2. The van der Waals surface area contributed by atoms with E-state index in [-0.39, 0.29) is 5.82 Å². The summed E-state index contributed by atoms with van der Waals surface area (Å²) < 4.78 is 19.3. The second kappa shape index (κ2) is 9.48. The van der Waals surface area contributed by atoms with Crippen molar-refractivity contribution in [2.24, 2.45) is 5.16 Å². The molecule has 1 saturated heterocycles. The summed E-state index contributed by atoms with van der Waals surface area (Å²) >= 11 is 0. The minimum atomic E-state index is -0.237.